The number of H-pyrrole nitrogens is 1. The molecule has 2 aromatic rings. The van der Waals surface area contributed by atoms with Crippen LogP contribution in [0.15, 0.2) is 17.1 Å². The molecule has 0 amide bonds. The largest absolute Gasteiger partial charge is 0.477 e. The zero-order valence-electron chi connectivity index (χ0n) is 8.02. The van der Waals surface area contributed by atoms with Crippen LogP contribution in [0.4, 0.5) is 0 Å². The quantitative estimate of drug-likeness (QED) is 0.740. The van der Waals surface area contributed by atoms with Crippen LogP contribution in [0.3, 0.4) is 0 Å². The first-order valence-corrected chi connectivity index (χ1v) is 4.46. The molecule has 2 N–H and O–H groups in total. The van der Waals surface area contributed by atoms with Gasteiger partial charge in [0.25, 0.3) is 5.56 Å². The molecular formula is C9H9N3O3. The summed E-state index contributed by atoms with van der Waals surface area (Å²) in [6, 6.07) is 1.72. The van der Waals surface area contributed by atoms with Crippen molar-refractivity contribution in [2.45, 2.75) is 13.3 Å². The van der Waals surface area contributed by atoms with Crippen LogP contribution in [0.25, 0.3) is 5.65 Å². The summed E-state index contributed by atoms with van der Waals surface area (Å²) in [5, 5.41) is 12.8. The smallest absolute Gasteiger partial charge is 0.342 e. The fraction of sp³-hybridized carbons (Fsp3) is 0.222. The number of aromatic nitrogens is 3. The predicted molar refractivity (Wildman–Crippen MR) is 52.1 cm³/mol. The minimum absolute atomic E-state index is 0.312. The Balaban J connectivity index is 2.74. The lowest BCUT2D eigenvalue weighted by atomic mass is 10.3. The van der Waals surface area contributed by atoms with Crippen LogP contribution in [0.1, 0.15) is 23.0 Å². The molecule has 0 radical (unpaired) electrons. The maximum Gasteiger partial charge on any atom is 0.342 e. The van der Waals surface area contributed by atoms with Gasteiger partial charge < -0.3 is 10.1 Å². The second kappa shape index (κ2) is 3.23. The van der Waals surface area contributed by atoms with E-state index >= 15 is 0 Å². The average molecular weight is 207 g/mol. The Morgan fingerprint density at radius 1 is 1.67 bits per heavy atom. The van der Waals surface area contributed by atoms with Crippen molar-refractivity contribution in [1.29, 1.82) is 0 Å². The molecule has 0 aromatic carbocycles. The number of carboxylic acid groups (broad SMARTS) is 1. The fourth-order valence-corrected chi connectivity index (χ4v) is 1.33. The van der Waals surface area contributed by atoms with E-state index in [1.807, 2.05) is 6.92 Å². The normalized spacial score (nSPS) is 10.7. The highest BCUT2D eigenvalue weighted by Crippen LogP contribution is 2.03. The van der Waals surface area contributed by atoms with Gasteiger partial charge in [0.15, 0.2) is 0 Å². The molecule has 6 heteroatoms. The molecule has 0 aliphatic heterocycles. The molecule has 15 heavy (non-hydrogen) atoms. The van der Waals surface area contributed by atoms with Gasteiger partial charge in [-0.15, -0.1) is 0 Å². The molecule has 0 saturated heterocycles. The summed E-state index contributed by atoms with van der Waals surface area (Å²) in [6.45, 7) is 1.93. The molecule has 2 aromatic heterocycles. The number of hydrogen-bond acceptors (Lipinski definition) is 3. The van der Waals surface area contributed by atoms with Gasteiger partial charge in [0.1, 0.15) is 11.2 Å². The van der Waals surface area contributed by atoms with Gasteiger partial charge in [-0.2, -0.15) is 5.10 Å². The fourth-order valence-electron chi connectivity index (χ4n) is 1.33. The number of aromatic amines is 1. The zero-order chi connectivity index (χ0) is 11.0. The van der Waals surface area contributed by atoms with Crippen molar-refractivity contribution in [2.75, 3.05) is 0 Å². The number of aromatic carboxylic acids is 1. The van der Waals surface area contributed by atoms with E-state index in [4.69, 9.17) is 5.11 Å². The highest BCUT2D eigenvalue weighted by molar-refractivity contribution is 5.86. The van der Waals surface area contributed by atoms with Crippen molar-refractivity contribution in [3.05, 3.63) is 33.9 Å². The molecule has 78 valence electrons. The lowest BCUT2D eigenvalue weighted by Crippen LogP contribution is -2.19. The molecule has 0 aliphatic rings. The first-order valence-electron chi connectivity index (χ1n) is 4.46. The predicted octanol–water partition coefficient (Wildman–Crippen LogP) is 0.283. The summed E-state index contributed by atoms with van der Waals surface area (Å²) in [5.41, 5.74) is 0.376. The average Bonchev–Trinajstić information content (AvgIpc) is 2.58. The van der Waals surface area contributed by atoms with Crippen LogP contribution in [0.5, 0.6) is 0 Å². The Kier molecular flexibility index (Phi) is 2.03. The summed E-state index contributed by atoms with van der Waals surface area (Å²) in [4.78, 5) is 24.4. The van der Waals surface area contributed by atoms with E-state index in [9.17, 15) is 9.59 Å². The molecule has 0 saturated carbocycles. The van der Waals surface area contributed by atoms with Gasteiger partial charge in [-0.05, 0) is 6.42 Å². The third-order valence-corrected chi connectivity index (χ3v) is 2.12. The Bertz CT molecular complexity index is 582. The van der Waals surface area contributed by atoms with Gasteiger partial charge >= 0.3 is 5.97 Å². The Morgan fingerprint density at radius 3 is 3.00 bits per heavy atom. The highest BCUT2D eigenvalue weighted by Gasteiger charge is 2.11. The van der Waals surface area contributed by atoms with E-state index in [0.717, 1.165) is 12.1 Å². The molecule has 2 heterocycles. The molecule has 0 spiro atoms. The zero-order valence-corrected chi connectivity index (χ0v) is 8.02. The Labute approximate surface area is 84.2 Å². The van der Waals surface area contributed by atoms with E-state index in [2.05, 4.69) is 10.1 Å². The van der Waals surface area contributed by atoms with Crippen molar-refractivity contribution in [3.63, 3.8) is 0 Å². The van der Waals surface area contributed by atoms with Crippen LogP contribution in [0, 0.1) is 0 Å². The van der Waals surface area contributed by atoms with Crippen molar-refractivity contribution in [2.24, 2.45) is 0 Å². The minimum atomic E-state index is -1.26. The van der Waals surface area contributed by atoms with Gasteiger partial charge in [-0.25, -0.2) is 9.31 Å². The summed E-state index contributed by atoms with van der Waals surface area (Å²) >= 11 is 0. The van der Waals surface area contributed by atoms with Crippen molar-refractivity contribution in [3.8, 4) is 0 Å². The van der Waals surface area contributed by atoms with Crippen molar-refractivity contribution >= 4 is 11.6 Å². The van der Waals surface area contributed by atoms with E-state index in [1.54, 1.807) is 6.07 Å². The number of fused-ring (bicyclic) bond motifs is 1. The number of rotatable bonds is 2. The molecule has 6 nitrogen and oxygen atoms in total. The van der Waals surface area contributed by atoms with E-state index in [1.165, 1.54) is 10.7 Å². The molecule has 0 fully saturated rings. The van der Waals surface area contributed by atoms with Crippen molar-refractivity contribution < 1.29 is 9.90 Å². The number of nitrogens with zero attached hydrogens (tertiary/aromatic N) is 2. The molecule has 2 rings (SSSR count). The van der Waals surface area contributed by atoms with E-state index < -0.39 is 11.5 Å². The third-order valence-electron chi connectivity index (χ3n) is 2.12. The Morgan fingerprint density at radius 2 is 2.40 bits per heavy atom. The second-order valence-electron chi connectivity index (χ2n) is 3.12. The number of carboxylic acids is 1. The van der Waals surface area contributed by atoms with E-state index in [0.29, 0.717) is 5.65 Å². The van der Waals surface area contributed by atoms with Gasteiger partial charge in [-0.1, -0.05) is 6.92 Å². The molecule has 0 unspecified atom stereocenters. The summed E-state index contributed by atoms with van der Waals surface area (Å²) < 4.78 is 1.36. The Hall–Kier alpha value is -2.11. The van der Waals surface area contributed by atoms with Crippen molar-refractivity contribution in [1.82, 2.24) is 14.6 Å². The maximum absolute atomic E-state index is 11.3. The SMILES string of the molecule is CCc1cc2[nH]c(=O)c(C(=O)O)cn2n1. The first-order chi connectivity index (χ1) is 7.11. The minimum Gasteiger partial charge on any atom is -0.477 e. The van der Waals surface area contributed by atoms with Gasteiger partial charge in [0.05, 0.1) is 11.9 Å². The molecular weight excluding hydrogens is 198 g/mol. The third kappa shape index (κ3) is 1.50. The van der Waals surface area contributed by atoms with Crippen LogP contribution < -0.4 is 5.56 Å². The number of hydrogen-bond donors (Lipinski definition) is 2. The second-order valence-corrected chi connectivity index (χ2v) is 3.12. The maximum atomic E-state index is 11.3. The topological polar surface area (TPSA) is 87.5 Å². The number of carbonyl (C=O) groups is 1. The highest BCUT2D eigenvalue weighted by atomic mass is 16.4. The van der Waals surface area contributed by atoms with Crippen LogP contribution >= 0.6 is 0 Å². The van der Waals surface area contributed by atoms with Crippen LogP contribution in [0.2, 0.25) is 0 Å². The molecule has 0 aliphatic carbocycles. The van der Waals surface area contributed by atoms with E-state index in [-0.39, 0.29) is 5.56 Å². The van der Waals surface area contributed by atoms with Gasteiger partial charge in [0.2, 0.25) is 0 Å². The number of aryl methyl sites for hydroxylation is 1. The first kappa shape index (κ1) is 9.45. The standard InChI is InChI=1S/C9H9N3O3/c1-2-5-3-7-10-8(13)6(9(14)15)4-12(7)11-5/h3-4H,2H2,1H3,(H,10,13)(H,14,15). The summed E-state index contributed by atoms with van der Waals surface area (Å²) in [7, 11) is 0. The summed E-state index contributed by atoms with van der Waals surface area (Å²) in [6.07, 6.45) is 1.95. The van der Waals surface area contributed by atoms with Crippen LogP contribution in [-0.2, 0) is 6.42 Å². The molecule has 0 atom stereocenters. The lowest BCUT2D eigenvalue weighted by Gasteiger charge is -1.94. The summed E-state index contributed by atoms with van der Waals surface area (Å²) in [5.74, 6) is -1.26. The lowest BCUT2D eigenvalue weighted by molar-refractivity contribution is 0.0694. The number of nitrogens with one attached hydrogen (secondary N) is 1. The monoisotopic (exact) mass is 207 g/mol. The van der Waals surface area contributed by atoms with Gasteiger partial charge in [-0.3, -0.25) is 4.79 Å². The van der Waals surface area contributed by atoms with Gasteiger partial charge in [0, 0.05) is 6.07 Å². The van der Waals surface area contributed by atoms with Crippen LogP contribution in [-0.4, -0.2) is 25.7 Å². The molecule has 0 bridgehead atoms.